The summed E-state index contributed by atoms with van der Waals surface area (Å²) in [6, 6.07) is 48.5. The minimum Gasteiger partial charge on any atom is -0.902 e. The molecule has 11 aromatic rings. The van der Waals surface area contributed by atoms with Gasteiger partial charge in [0.1, 0.15) is 15.9 Å². The van der Waals surface area contributed by atoms with Crippen LogP contribution in [0.15, 0.2) is 162 Å². The fourth-order valence-electron chi connectivity index (χ4n) is 8.72. The first-order valence-electron chi connectivity index (χ1n) is 29.8. The second-order valence-corrected chi connectivity index (χ2v) is 24.2. The van der Waals surface area contributed by atoms with Gasteiger partial charge in [0, 0.05) is 37.9 Å². The molecule has 0 atom stereocenters. The molecule has 0 fully saturated rings. The second kappa shape index (κ2) is 67.7. The van der Waals surface area contributed by atoms with Gasteiger partial charge >= 0.3 is 488 Å². The molecule has 0 radical (unpaired) electrons. The molecule has 0 aliphatic heterocycles. The number of aromatic nitrogens is 9. The van der Waals surface area contributed by atoms with Crippen molar-refractivity contribution in [3.8, 4) is 57.1 Å². The Balaban J connectivity index is -0.000000149. The number of carboxylic acid groups (broad SMARTS) is 1. The van der Waals surface area contributed by atoms with Crippen LogP contribution >= 0.6 is 0 Å². The summed E-state index contributed by atoms with van der Waals surface area (Å²) in [4.78, 5) is 60.5. The number of ether oxygens (including phenoxy) is 1. The van der Waals surface area contributed by atoms with E-state index in [0.717, 1.165) is 72.5 Å². The van der Waals surface area contributed by atoms with Crippen LogP contribution in [0, 0.1) is 130 Å². The van der Waals surface area contributed by atoms with Gasteiger partial charge in [0.15, 0.2) is 0 Å². The number of hydrogen-bond acceptors (Lipinski definition) is 21. The van der Waals surface area contributed by atoms with Crippen molar-refractivity contribution in [1.29, 1.82) is 0 Å². The topological polar surface area (TPSA) is 310 Å². The van der Waals surface area contributed by atoms with Crippen molar-refractivity contribution >= 4 is 48.4 Å². The molecule has 8 aromatic carbocycles. The van der Waals surface area contributed by atoms with Gasteiger partial charge < -0.3 is 101 Å². The summed E-state index contributed by atoms with van der Waals surface area (Å²) >= 11 is 4.88. The number of aromatic carboxylic acids is 1. The third-order valence-electron chi connectivity index (χ3n) is 14.3. The van der Waals surface area contributed by atoms with E-state index in [2.05, 4.69) is 167 Å². The van der Waals surface area contributed by atoms with Crippen LogP contribution in [-0.4, -0.2) is 82.5 Å². The molecule has 107 heavy (non-hydrogen) atoms. The van der Waals surface area contributed by atoms with E-state index in [1.54, 1.807) is 19.2 Å². The second-order valence-electron chi connectivity index (χ2n) is 22.4. The summed E-state index contributed by atoms with van der Waals surface area (Å²) in [6.07, 6.45) is 7.33. The molecule has 0 aliphatic rings. The number of rotatable bonds is 7. The van der Waals surface area contributed by atoms with Crippen molar-refractivity contribution in [2.75, 3.05) is 7.11 Å². The number of hydrogen-bond donors (Lipinski definition) is 0. The van der Waals surface area contributed by atoms with Crippen LogP contribution in [0.1, 0.15) is 116 Å². The minimum absolute atomic E-state index is 0. The average molecular weight is 2340 g/mol. The minimum atomic E-state index is -4.37. The van der Waals surface area contributed by atoms with Crippen LogP contribution < -0.4 is 497 Å². The molecule has 0 saturated carbocycles. The van der Waals surface area contributed by atoms with Crippen molar-refractivity contribution in [3.05, 3.63) is 265 Å². The Hall–Kier alpha value is 4.04. The maximum atomic E-state index is 11.0. The van der Waals surface area contributed by atoms with E-state index in [-0.39, 0.29) is 534 Å². The summed E-state index contributed by atoms with van der Waals surface area (Å²) in [7, 11) is -2.67. The number of nitrogens with zero attached hydrogens (tertiary/aromatic N) is 9. The Bertz CT molecular complexity index is 4470. The molecule has 532 valence electrons. The predicted octanol–water partition coefficient (Wildman–Crippen LogP) is -6.86. The zero-order chi connectivity index (χ0) is 71.4. The standard InChI is InChI=1S/C14H14O3S.C12H10N3O2.C11H10N3O.C11H10N3S.C9H12O.2C9H12.CO2.2CH4.7Cs.H2O.H2S.H2/c1-10-3-4-11(2)14(9-10)12-5-7-13(8-6-12)18(15,16)17;1-7-3-4-8(2)9(5-7)10-13-6-14-11(15-10)12(16)17;2*1-7-3-4-8(2)9(5-7)10-12-6-13-11(15)14-10;1-7-4-5-8(2)9(6-7)10-3;2*1-7-4-5-8(2)9(3)6-7;2-1-3;;;;;;;;;;;;/h3-9H,1-2H3,(H,15,16,17);3-5H,1-2H3,(H,16,17);2*3-5H,1-2H3,(H,12,13,14,15);4-6H,1-3H3;2*4-6H,1-3H3;;2*1H4;;;;;;;;2*1H2;1H/q;3*-1;;;;;;;7*+1;;;/p-6. The summed E-state index contributed by atoms with van der Waals surface area (Å²) in [5.41, 5.74) is 23.9. The molecule has 0 amide bonds. The molecule has 0 saturated heterocycles. The quantitative estimate of drug-likeness (QED) is 0.0620. The number of methoxy groups -OCH3 is 1. The zero-order valence-corrected chi connectivity index (χ0v) is 111. The van der Waals surface area contributed by atoms with E-state index in [0.29, 0.717) is 17.5 Å². The molecule has 29 heteroatoms. The van der Waals surface area contributed by atoms with Crippen molar-refractivity contribution in [2.45, 2.75) is 136 Å². The third kappa shape index (κ3) is 48.3. The molecule has 0 unspecified atom stereocenters. The third-order valence-corrected chi connectivity index (χ3v) is 15.4. The molecule has 11 rings (SSSR count). The van der Waals surface area contributed by atoms with Crippen LogP contribution in [0.4, 0.5) is 0 Å². The number of thiol groups is 1. The van der Waals surface area contributed by atoms with Crippen LogP contribution in [0.2, 0.25) is 0 Å². The molecular weight excluding hydrogens is 2250 g/mol. The first-order valence-corrected chi connectivity index (χ1v) is 31.6. The summed E-state index contributed by atoms with van der Waals surface area (Å²) < 4.78 is 37.7. The molecule has 19 nitrogen and oxygen atoms in total. The maximum absolute atomic E-state index is 11.0. The fraction of sp³-hybridized carbons (Fsp3) is 0.244. The number of carbonyl (C=O) groups excluding carboxylic acids is 3. The van der Waals surface area contributed by atoms with Gasteiger partial charge in [0.05, 0.1) is 23.8 Å². The largest absolute Gasteiger partial charge is 1.00 e. The van der Waals surface area contributed by atoms with Gasteiger partial charge in [-0.25, -0.2) is 8.42 Å². The van der Waals surface area contributed by atoms with E-state index in [4.69, 9.17) is 27.0 Å². The maximum Gasteiger partial charge on any atom is 1.00 e. The van der Waals surface area contributed by atoms with E-state index in [1.165, 1.54) is 62.2 Å². The van der Waals surface area contributed by atoms with Gasteiger partial charge in [-0.1, -0.05) is 204 Å². The van der Waals surface area contributed by atoms with Gasteiger partial charge in [0.2, 0.25) is 0 Å². The average Bonchev–Trinajstić information content (AvgIpc) is 0.840. The Kier molecular flexibility index (Phi) is 80.1. The SMILES string of the molecule is C.C.COc1cc(C)ccc1C.Cc1ccc(C)c(-c2ccc(S(=O)(=O)[O-])cc2)c1.Cc1ccc(C)c(-c2n[c-]nc(C(=O)[O-])n2)c1.Cc1ccc(C)c(-c2n[c-]nc([O-])n2)c1.Cc1ccc(C)c(-c2n[c-]nc([S-])n2)c1.Cc1ccc(C)c(C)c1.Cc1ccc(C)c(C)c1.O=C=O.[Cs+].[Cs+].[Cs+].[Cs+].[Cs+].[Cs+].[Cs+].[HH].[OH-].[SH-]. The molecular formula is C78H88Cs7N9O10S3-2. The molecule has 1 N–H and O–H groups in total. The Morgan fingerprint density at radius 2 is 0.720 bits per heavy atom. The first kappa shape index (κ1) is 127. The number of aryl methyl sites for hydroxylation is 16. The van der Waals surface area contributed by atoms with Gasteiger partial charge in [0.25, 0.3) is 0 Å². The number of benzene rings is 8. The van der Waals surface area contributed by atoms with Gasteiger partial charge in [-0.15, -0.1) is 5.16 Å². The van der Waals surface area contributed by atoms with Crippen LogP contribution in [0.25, 0.3) is 45.3 Å². The normalized spacial score (nSPS) is 9.03. The summed E-state index contributed by atoms with van der Waals surface area (Å²) in [6.45, 7) is 32.7. The molecule has 0 aliphatic carbocycles. The Labute approximate surface area is 1060 Å². The smallest absolute Gasteiger partial charge is 0.902 e. The summed E-state index contributed by atoms with van der Waals surface area (Å²) in [5.74, 6) is 0.402. The monoisotopic (exact) mass is 2340 g/mol. The van der Waals surface area contributed by atoms with E-state index in [1.807, 2.05) is 135 Å². The predicted molar refractivity (Wildman–Crippen MR) is 394 cm³/mol. The van der Waals surface area contributed by atoms with Crippen molar-refractivity contribution < 1.29 is 531 Å². The van der Waals surface area contributed by atoms with Crippen LogP contribution in [-0.2, 0) is 45.8 Å². The van der Waals surface area contributed by atoms with Gasteiger partial charge in [-0.2, -0.15) is 9.59 Å². The molecule has 0 bridgehead atoms. The van der Waals surface area contributed by atoms with Crippen molar-refractivity contribution in [3.63, 3.8) is 0 Å². The van der Waals surface area contributed by atoms with Crippen LogP contribution in [0.5, 0.6) is 11.8 Å². The first-order chi connectivity index (χ1) is 45.3. The van der Waals surface area contributed by atoms with E-state index in [9.17, 15) is 28.0 Å². The molecule has 3 heterocycles. The Morgan fingerprint density at radius 3 is 1.04 bits per heavy atom. The van der Waals surface area contributed by atoms with E-state index < -0.39 is 27.9 Å². The molecule has 3 aromatic heterocycles. The van der Waals surface area contributed by atoms with Crippen LogP contribution in [0.3, 0.4) is 0 Å². The van der Waals surface area contributed by atoms with E-state index >= 15 is 0 Å². The van der Waals surface area contributed by atoms with Crippen molar-refractivity contribution in [1.82, 2.24) is 44.9 Å². The Morgan fingerprint density at radius 1 is 0.421 bits per heavy atom. The number of carboxylic acids is 1. The fourth-order valence-corrected chi connectivity index (χ4v) is 9.32. The zero-order valence-electron chi connectivity index (χ0n) is 64.8. The van der Waals surface area contributed by atoms with Crippen molar-refractivity contribution in [2.24, 2.45) is 0 Å². The molecule has 0 spiro atoms. The van der Waals surface area contributed by atoms with Gasteiger partial charge in [-0.3, -0.25) is 0 Å². The summed E-state index contributed by atoms with van der Waals surface area (Å²) in [5, 5.41) is 21.9. The number of carbonyl (C=O) groups is 1. The van der Waals surface area contributed by atoms with Gasteiger partial charge in [-0.05, 0) is 196 Å².